The predicted octanol–water partition coefficient (Wildman–Crippen LogP) is 8.68. The van der Waals surface area contributed by atoms with Crippen LogP contribution in [0, 0.1) is 0 Å². The fourth-order valence-corrected chi connectivity index (χ4v) is 5.55. The number of halogens is 3. The number of ether oxygens (including phenoxy) is 3. The molecule has 0 fully saturated rings. The summed E-state index contributed by atoms with van der Waals surface area (Å²) in [5, 5.41) is 5.67. The molecule has 8 nitrogen and oxygen atoms in total. The number of fused-ring (bicyclic) bond motifs is 1. The Morgan fingerprint density at radius 2 is 1.64 bits per heavy atom. The highest BCUT2D eigenvalue weighted by Gasteiger charge is 2.22. The number of benzene rings is 4. The third-order valence-corrected chi connectivity index (χ3v) is 7.44. The van der Waals surface area contributed by atoms with E-state index in [1.165, 1.54) is 6.21 Å². The largest absolute Gasteiger partial charge is 0.490 e. The van der Waals surface area contributed by atoms with E-state index in [4.69, 9.17) is 37.4 Å². The quantitative estimate of drug-likeness (QED) is 0.0659. The number of rotatable bonds is 10. The Morgan fingerprint density at radius 1 is 0.909 bits per heavy atom. The van der Waals surface area contributed by atoms with E-state index in [0.717, 1.165) is 10.0 Å². The van der Waals surface area contributed by atoms with Crippen LogP contribution in [0.1, 0.15) is 40.3 Å². The first kappa shape index (κ1) is 31.1. The van der Waals surface area contributed by atoms with E-state index in [1.54, 1.807) is 48.5 Å². The van der Waals surface area contributed by atoms with Gasteiger partial charge in [-0.25, -0.2) is 10.2 Å². The Bertz CT molecular complexity index is 1880. The fraction of sp³-hybridized carbons (Fsp3) is 0.121. The summed E-state index contributed by atoms with van der Waals surface area (Å²) < 4.78 is 17.6. The molecule has 0 aliphatic rings. The molecule has 1 amide bonds. The highest BCUT2D eigenvalue weighted by Crippen LogP contribution is 2.38. The third-order valence-electron chi connectivity index (χ3n) is 6.43. The van der Waals surface area contributed by atoms with Crippen molar-refractivity contribution in [3.8, 4) is 28.4 Å². The monoisotopic (exact) mass is 693 g/mol. The van der Waals surface area contributed by atoms with E-state index >= 15 is 0 Å². The number of carbonyl (C=O) groups is 2. The summed E-state index contributed by atoms with van der Waals surface area (Å²) in [5.41, 5.74) is 5.56. The van der Waals surface area contributed by atoms with Gasteiger partial charge in [-0.15, -0.1) is 0 Å². The highest BCUT2D eigenvalue weighted by atomic mass is 79.9. The summed E-state index contributed by atoms with van der Waals surface area (Å²) >= 11 is 16.2. The Labute approximate surface area is 272 Å². The molecule has 0 aliphatic carbocycles. The van der Waals surface area contributed by atoms with Crippen molar-refractivity contribution in [2.45, 2.75) is 13.8 Å². The van der Waals surface area contributed by atoms with Crippen LogP contribution in [-0.2, 0) is 0 Å². The number of nitrogens with zero attached hydrogens (tertiary/aromatic N) is 1. The molecule has 0 spiro atoms. The summed E-state index contributed by atoms with van der Waals surface area (Å²) in [7, 11) is 0. The van der Waals surface area contributed by atoms with Gasteiger partial charge in [-0.2, -0.15) is 5.10 Å². The second-order valence-electron chi connectivity index (χ2n) is 9.35. The molecule has 224 valence electrons. The zero-order chi connectivity index (χ0) is 31.2. The number of aromatic amines is 1. The van der Waals surface area contributed by atoms with E-state index < -0.39 is 11.9 Å². The Balaban J connectivity index is 1.40. The third kappa shape index (κ3) is 6.91. The van der Waals surface area contributed by atoms with Gasteiger partial charge in [0.15, 0.2) is 11.5 Å². The smallest absolute Gasteiger partial charge is 0.343 e. The van der Waals surface area contributed by atoms with E-state index in [0.29, 0.717) is 56.8 Å². The molecule has 5 rings (SSSR count). The lowest BCUT2D eigenvalue weighted by Crippen LogP contribution is -2.19. The van der Waals surface area contributed by atoms with Crippen molar-refractivity contribution >= 4 is 68.1 Å². The summed E-state index contributed by atoms with van der Waals surface area (Å²) in [6.07, 6.45) is 1.39. The average molecular weight is 695 g/mol. The van der Waals surface area contributed by atoms with Gasteiger partial charge in [0.05, 0.1) is 30.0 Å². The SMILES string of the molecule is CCOc1ccc(C(=O)Oc2ccc(Br)cc2C=NNC(=O)c2[nH]c3cc(Cl)cc(Cl)c3c2-c2ccccc2)cc1OCC. The Kier molecular flexibility index (Phi) is 9.89. The van der Waals surface area contributed by atoms with Crippen molar-refractivity contribution in [2.24, 2.45) is 5.10 Å². The van der Waals surface area contributed by atoms with Gasteiger partial charge in [-0.1, -0.05) is 69.5 Å². The molecule has 2 N–H and O–H groups in total. The first-order valence-corrected chi connectivity index (χ1v) is 15.1. The molecule has 0 saturated heterocycles. The molecule has 0 radical (unpaired) electrons. The maximum absolute atomic E-state index is 13.4. The normalized spacial score (nSPS) is 11.1. The lowest BCUT2D eigenvalue weighted by molar-refractivity contribution is 0.0733. The fourth-order valence-electron chi connectivity index (χ4n) is 4.58. The maximum Gasteiger partial charge on any atom is 0.343 e. The minimum absolute atomic E-state index is 0.236. The maximum atomic E-state index is 13.4. The average Bonchev–Trinajstić information content (AvgIpc) is 3.40. The zero-order valence-corrected chi connectivity index (χ0v) is 26.7. The molecule has 0 aliphatic heterocycles. The van der Waals surface area contributed by atoms with Crippen LogP contribution in [0.5, 0.6) is 17.2 Å². The van der Waals surface area contributed by atoms with E-state index in [9.17, 15) is 9.59 Å². The topological polar surface area (TPSA) is 102 Å². The predicted molar refractivity (Wildman–Crippen MR) is 177 cm³/mol. The molecule has 1 aromatic heterocycles. The molecule has 0 unspecified atom stereocenters. The van der Waals surface area contributed by atoms with Gasteiger partial charge in [0.2, 0.25) is 0 Å². The van der Waals surface area contributed by atoms with Crippen LogP contribution in [0.2, 0.25) is 10.0 Å². The number of hydrogen-bond donors (Lipinski definition) is 2. The lowest BCUT2D eigenvalue weighted by Gasteiger charge is -2.13. The van der Waals surface area contributed by atoms with Crippen LogP contribution in [0.25, 0.3) is 22.0 Å². The lowest BCUT2D eigenvalue weighted by atomic mass is 10.0. The minimum Gasteiger partial charge on any atom is -0.490 e. The van der Waals surface area contributed by atoms with Crippen LogP contribution in [-0.4, -0.2) is 36.3 Å². The van der Waals surface area contributed by atoms with Gasteiger partial charge in [0.1, 0.15) is 11.4 Å². The van der Waals surface area contributed by atoms with Crippen molar-refractivity contribution in [1.82, 2.24) is 10.4 Å². The summed E-state index contributed by atoms with van der Waals surface area (Å²) in [4.78, 5) is 29.6. The highest BCUT2D eigenvalue weighted by molar-refractivity contribution is 9.10. The molecule has 11 heteroatoms. The van der Waals surface area contributed by atoms with E-state index in [2.05, 4.69) is 31.4 Å². The van der Waals surface area contributed by atoms with Gasteiger partial charge in [-0.3, -0.25) is 4.79 Å². The number of esters is 1. The molecule has 5 aromatic rings. The summed E-state index contributed by atoms with van der Waals surface area (Å²) in [6, 6.07) is 22.7. The van der Waals surface area contributed by atoms with E-state index in [1.807, 2.05) is 44.2 Å². The van der Waals surface area contributed by atoms with Gasteiger partial charge in [0, 0.05) is 31.5 Å². The molecule has 0 bridgehead atoms. The number of nitrogens with one attached hydrogen (secondary N) is 2. The van der Waals surface area contributed by atoms with E-state index in [-0.39, 0.29) is 17.0 Å². The van der Waals surface area contributed by atoms with Crippen molar-refractivity contribution in [1.29, 1.82) is 0 Å². The second kappa shape index (κ2) is 14.0. The molecule has 0 saturated carbocycles. The zero-order valence-electron chi connectivity index (χ0n) is 23.6. The molecule has 4 aromatic carbocycles. The number of amides is 1. The first-order chi connectivity index (χ1) is 21.3. The van der Waals surface area contributed by atoms with Crippen LogP contribution in [0.4, 0.5) is 0 Å². The number of aromatic nitrogens is 1. The van der Waals surface area contributed by atoms with Crippen molar-refractivity contribution in [2.75, 3.05) is 13.2 Å². The number of carbonyl (C=O) groups excluding carboxylic acids is 2. The second-order valence-corrected chi connectivity index (χ2v) is 11.1. The van der Waals surface area contributed by atoms with Gasteiger partial charge >= 0.3 is 5.97 Å². The first-order valence-electron chi connectivity index (χ1n) is 13.6. The summed E-state index contributed by atoms with van der Waals surface area (Å²) in [6.45, 7) is 4.57. The van der Waals surface area contributed by atoms with Crippen LogP contribution < -0.4 is 19.6 Å². The van der Waals surface area contributed by atoms with Crippen LogP contribution in [0.3, 0.4) is 0 Å². The van der Waals surface area contributed by atoms with Crippen LogP contribution in [0.15, 0.2) is 88.4 Å². The molecule has 44 heavy (non-hydrogen) atoms. The molecule has 1 heterocycles. The van der Waals surface area contributed by atoms with Gasteiger partial charge < -0.3 is 19.2 Å². The molecular weight excluding hydrogens is 669 g/mol. The number of hydrogen-bond acceptors (Lipinski definition) is 6. The van der Waals surface area contributed by atoms with Gasteiger partial charge in [-0.05, 0) is 67.9 Å². The summed E-state index contributed by atoms with van der Waals surface area (Å²) in [5.74, 6) is 0.111. The van der Waals surface area contributed by atoms with Crippen molar-refractivity contribution in [3.05, 3.63) is 110 Å². The molecule has 0 atom stereocenters. The number of hydrazone groups is 1. The van der Waals surface area contributed by atoms with Crippen molar-refractivity contribution < 1.29 is 23.8 Å². The minimum atomic E-state index is -0.601. The standard InChI is InChI=1S/C33H26BrCl2N3O5/c1-3-42-27-12-10-20(15-28(27)43-4-2)33(41)44-26-13-11-22(34)14-21(26)18-37-39-32(40)31-29(19-8-6-5-7-9-19)30-24(36)16-23(35)17-25(30)38-31/h5-18,38H,3-4H2,1-2H3,(H,39,40). The van der Waals surface area contributed by atoms with Gasteiger partial charge in [0.25, 0.3) is 5.91 Å². The van der Waals surface area contributed by atoms with Crippen LogP contribution >= 0.6 is 39.1 Å². The number of H-pyrrole nitrogens is 1. The molecular formula is C33H26BrCl2N3O5. The Morgan fingerprint density at radius 3 is 2.39 bits per heavy atom. The van der Waals surface area contributed by atoms with Crippen molar-refractivity contribution in [3.63, 3.8) is 0 Å². The Hall–Kier alpha value is -4.31.